The maximum absolute atomic E-state index is 13.0. The Morgan fingerprint density at radius 1 is 1.31 bits per heavy atom. The number of carbonyl (C=O) groups excluding carboxylic acids is 2. The molecular formula is C19H24N4O3. The van der Waals surface area contributed by atoms with Crippen molar-refractivity contribution >= 4 is 11.8 Å². The first-order chi connectivity index (χ1) is 12.3. The van der Waals surface area contributed by atoms with Crippen molar-refractivity contribution in [1.82, 2.24) is 14.7 Å². The summed E-state index contributed by atoms with van der Waals surface area (Å²) in [6, 6.07) is 6.93. The molecule has 0 unspecified atom stereocenters. The van der Waals surface area contributed by atoms with E-state index in [1.165, 1.54) is 0 Å². The number of hydrogen-bond acceptors (Lipinski definition) is 4. The summed E-state index contributed by atoms with van der Waals surface area (Å²) < 4.78 is 7.59. The van der Waals surface area contributed by atoms with Crippen LogP contribution in [-0.4, -0.2) is 39.6 Å². The molecule has 2 atom stereocenters. The van der Waals surface area contributed by atoms with Gasteiger partial charge in [0.1, 0.15) is 0 Å². The first-order valence-electron chi connectivity index (χ1n) is 8.63. The monoisotopic (exact) mass is 356 g/mol. The van der Waals surface area contributed by atoms with Crippen LogP contribution in [0.4, 0.5) is 0 Å². The maximum Gasteiger partial charge on any atom is 0.274 e. The van der Waals surface area contributed by atoms with Crippen molar-refractivity contribution in [2.45, 2.75) is 39.0 Å². The number of aromatic nitrogens is 2. The molecular weight excluding hydrogens is 332 g/mol. The molecule has 0 saturated heterocycles. The van der Waals surface area contributed by atoms with E-state index in [0.717, 1.165) is 16.8 Å². The van der Waals surface area contributed by atoms with Gasteiger partial charge in [-0.25, -0.2) is 0 Å². The molecule has 1 aromatic carbocycles. The summed E-state index contributed by atoms with van der Waals surface area (Å²) in [5.41, 5.74) is 9.04. The summed E-state index contributed by atoms with van der Waals surface area (Å²) >= 11 is 0. The van der Waals surface area contributed by atoms with Gasteiger partial charge >= 0.3 is 0 Å². The van der Waals surface area contributed by atoms with Crippen LogP contribution in [-0.2, 0) is 24.8 Å². The average Bonchev–Trinajstić information content (AvgIpc) is 2.91. The Hall–Kier alpha value is -2.67. The lowest BCUT2D eigenvalue weighted by Crippen LogP contribution is -2.29. The van der Waals surface area contributed by atoms with E-state index in [0.29, 0.717) is 24.2 Å². The predicted octanol–water partition coefficient (Wildman–Crippen LogP) is 1.81. The summed E-state index contributed by atoms with van der Waals surface area (Å²) in [4.78, 5) is 25.7. The van der Waals surface area contributed by atoms with Gasteiger partial charge in [-0.05, 0) is 31.5 Å². The predicted molar refractivity (Wildman–Crippen MR) is 96.6 cm³/mol. The minimum Gasteiger partial charge on any atom is -0.369 e. The van der Waals surface area contributed by atoms with Gasteiger partial charge in [-0.1, -0.05) is 12.1 Å². The third-order valence-electron chi connectivity index (χ3n) is 4.71. The standard InChI is InChI=1S/C19H24N4O3/c1-11-9-15-16(21-23(4)17(15)12(2)26-11)19(25)22(3)10-13-5-7-14(8-6-13)18(20)24/h5-8,11-12H,9-10H2,1-4H3,(H2,20,24)/t11-,12+/m1/s1. The smallest absolute Gasteiger partial charge is 0.274 e. The van der Waals surface area contributed by atoms with E-state index >= 15 is 0 Å². The van der Waals surface area contributed by atoms with E-state index in [1.54, 1.807) is 40.9 Å². The lowest BCUT2D eigenvalue weighted by Gasteiger charge is -2.26. The molecule has 3 rings (SSSR count). The summed E-state index contributed by atoms with van der Waals surface area (Å²) in [7, 11) is 3.59. The molecule has 0 spiro atoms. The van der Waals surface area contributed by atoms with Crippen molar-refractivity contribution in [3.8, 4) is 0 Å². The Kier molecular flexibility index (Phi) is 4.82. The van der Waals surface area contributed by atoms with Gasteiger partial charge in [-0.3, -0.25) is 14.3 Å². The van der Waals surface area contributed by atoms with Gasteiger partial charge in [-0.15, -0.1) is 0 Å². The number of ether oxygens (including phenoxy) is 1. The quantitative estimate of drug-likeness (QED) is 0.905. The number of hydrogen-bond donors (Lipinski definition) is 1. The molecule has 2 heterocycles. The van der Waals surface area contributed by atoms with Crippen LogP contribution >= 0.6 is 0 Å². The summed E-state index contributed by atoms with van der Waals surface area (Å²) in [5, 5.41) is 4.46. The number of rotatable bonds is 4. The molecule has 0 bridgehead atoms. The number of nitrogens with two attached hydrogens (primary N) is 1. The Balaban J connectivity index is 1.81. The van der Waals surface area contributed by atoms with E-state index < -0.39 is 5.91 Å². The van der Waals surface area contributed by atoms with Crippen LogP contribution in [0.25, 0.3) is 0 Å². The zero-order valence-corrected chi connectivity index (χ0v) is 15.5. The molecule has 0 saturated carbocycles. The van der Waals surface area contributed by atoms with Crippen LogP contribution in [0.3, 0.4) is 0 Å². The number of aryl methyl sites for hydroxylation is 1. The molecule has 2 amide bonds. The van der Waals surface area contributed by atoms with E-state index in [9.17, 15) is 9.59 Å². The van der Waals surface area contributed by atoms with Crippen molar-refractivity contribution < 1.29 is 14.3 Å². The van der Waals surface area contributed by atoms with Gasteiger partial charge in [-0.2, -0.15) is 5.10 Å². The topological polar surface area (TPSA) is 90.5 Å². The number of primary amides is 1. The molecule has 26 heavy (non-hydrogen) atoms. The number of fused-ring (bicyclic) bond motifs is 1. The van der Waals surface area contributed by atoms with E-state index in [1.807, 2.05) is 20.9 Å². The molecule has 1 aromatic heterocycles. The van der Waals surface area contributed by atoms with Gasteiger partial charge in [0.15, 0.2) is 5.69 Å². The van der Waals surface area contributed by atoms with Gasteiger partial charge in [0.25, 0.3) is 5.91 Å². The molecule has 0 fully saturated rings. The number of carbonyl (C=O) groups is 2. The summed E-state index contributed by atoms with van der Waals surface area (Å²) in [5.74, 6) is -0.589. The second-order valence-corrected chi connectivity index (χ2v) is 6.85. The number of amides is 2. The second-order valence-electron chi connectivity index (χ2n) is 6.85. The molecule has 2 N–H and O–H groups in total. The lowest BCUT2D eigenvalue weighted by atomic mass is 9.99. The van der Waals surface area contributed by atoms with Crippen LogP contribution in [0.2, 0.25) is 0 Å². The Bertz CT molecular complexity index is 841. The van der Waals surface area contributed by atoms with Crippen molar-refractivity contribution in [2.75, 3.05) is 7.05 Å². The van der Waals surface area contributed by atoms with Crippen molar-refractivity contribution in [1.29, 1.82) is 0 Å². The highest BCUT2D eigenvalue weighted by Crippen LogP contribution is 2.32. The van der Waals surface area contributed by atoms with Crippen LogP contribution in [0.5, 0.6) is 0 Å². The van der Waals surface area contributed by atoms with Gasteiger partial charge < -0.3 is 15.4 Å². The molecule has 1 aliphatic heterocycles. The second kappa shape index (κ2) is 6.92. The number of benzene rings is 1. The fourth-order valence-corrected chi connectivity index (χ4v) is 3.51. The molecule has 2 aromatic rings. The highest BCUT2D eigenvalue weighted by Gasteiger charge is 2.32. The van der Waals surface area contributed by atoms with Gasteiger partial charge in [0.2, 0.25) is 5.91 Å². The zero-order valence-electron chi connectivity index (χ0n) is 15.5. The molecule has 138 valence electrons. The first-order valence-corrected chi connectivity index (χ1v) is 8.63. The fourth-order valence-electron chi connectivity index (χ4n) is 3.51. The first kappa shape index (κ1) is 18.1. The van der Waals surface area contributed by atoms with Crippen LogP contribution in [0.1, 0.15) is 57.6 Å². The summed E-state index contributed by atoms with van der Waals surface area (Å²) in [6.07, 6.45) is 0.648. The van der Waals surface area contributed by atoms with Crippen molar-refractivity contribution in [3.63, 3.8) is 0 Å². The van der Waals surface area contributed by atoms with Gasteiger partial charge in [0, 0.05) is 38.2 Å². The lowest BCUT2D eigenvalue weighted by molar-refractivity contribution is -0.00906. The highest BCUT2D eigenvalue weighted by molar-refractivity contribution is 5.94. The van der Waals surface area contributed by atoms with Crippen LogP contribution in [0.15, 0.2) is 24.3 Å². The van der Waals surface area contributed by atoms with Crippen molar-refractivity contribution in [3.05, 3.63) is 52.3 Å². The minimum absolute atomic E-state index is 0.0555. The SMILES string of the molecule is C[C@@H]1Cc2c(C(=O)N(C)Cc3ccc(C(N)=O)cc3)nn(C)c2[C@H](C)O1. The Labute approximate surface area is 152 Å². The van der Waals surface area contributed by atoms with Crippen LogP contribution < -0.4 is 5.73 Å². The zero-order chi connectivity index (χ0) is 19.0. The van der Waals surface area contributed by atoms with Crippen molar-refractivity contribution in [2.24, 2.45) is 12.8 Å². The third kappa shape index (κ3) is 3.35. The van der Waals surface area contributed by atoms with E-state index in [-0.39, 0.29) is 18.1 Å². The third-order valence-corrected chi connectivity index (χ3v) is 4.71. The molecule has 0 aliphatic carbocycles. The van der Waals surface area contributed by atoms with Gasteiger partial charge in [0.05, 0.1) is 17.9 Å². The molecule has 7 nitrogen and oxygen atoms in total. The maximum atomic E-state index is 13.0. The van der Waals surface area contributed by atoms with E-state index in [2.05, 4.69) is 5.10 Å². The normalized spacial score (nSPS) is 19.1. The van der Waals surface area contributed by atoms with Crippen LogP contribution in [0, 0.1) is 0 Å². The summed E-state index contributed by atoms with van der Waals surface area (Å²) in [6.45, 7) is 4.41. The number of nitrogens with zero attached hydrogens (tertiary/aromatic N) is 3. The minimum atomic E-state index is -0.466. The largest absolute Gasteiger partial charge is 0.369 e. The Morgan fingerprint density at radius 2 is 1.96 bits per heavy atom. The highest BCUT2D eigenvalue weighted by atomic mass is 16.5. The Morgan fingerprint density at radius 3 is 2.58 bits per heavy atom. The van der Waals surface area contributed by atoms with E-state index in [4.69, 9.17) is 10.5 Å². The average molecular weight is 356 g/mol. The molecule has 0 radical (unpaired) electrons. The molecule has 7 heteroatoms. The fraction of sp³-hybridized carbons (Fsp3) is 0.421. The molecule has 1 aliphatic rings.